The fraction of sp³-hybridized carbons (Fsp3) is 1.00. The van der Waals surface area contributed by atoms with Crippen LogP contribution in [0.4, 0.5) is 0 Å². The molecule has 0 aromatic carbocycles. The Morgan fingerprint density at radius 2 is 2.00 bits per heavy atom. The average molecular weight is 115 g/mol. The summed E-state index contributed by atoms with van der Waals surface area (Å²) in [5, 5.41) is 2.37. The minimum Gasteiger partial charge on any atom is -0.346 e. The van der Waals surface area contributed by atoms with Crippen LogP contribution in [-0.4, -0.2) is 19.6 Å². The van der Waals surface area contributed by atoms with Crippen LogP contribution in [0.5, 0.6) is 0 Å². The van der Waals surface area contributed by atoms with Crippen LogP contribution < -0.4 is 11.1 Å². The average Bonchev–Trinajstić information content (AvgIpc) is 1.90. The molecule has 0 unspecified atom stereocenters. The van der Waals surface area contributed by atoms with Crippen molar-refractivity contribution in [2.75, 3.05) is 19.6 Å². The minimum atomic E-state index is 0.833. The van der Waals surface area contributed by atoms with Gasteiger partial charge in [0.25, 0.3) is 0 Å². The van der Waals surface area contributed by atoms with Crippen molar-refractivity contribution in [2.24, 2.45) is 11.7 Å². The van der Waals surface area contributed by atoms with Gasteiger partial charge in [0.05, 0.1) is 13.1 Å². The molecule has 0 saturated carbocycles. The Bertz CT molecular complexity index is 57.5. The van der Waals surface area contributed by atoms with E-state index in [2.05, 4.69) is 5.32 Å². The van der Waals surface area contributed by atoms with Crippen LogP contribution in [0.3, 0.4) is 0 Å². The van der Waals surface area contributed by atoms with E-state index in [1.165, 1.54) is 25.9 Å². The Hall–Kier alpha value is -0.0800. The minimum absolute atomic E-state index is 0.833. The Labute approximate surface area is 50.4 Å². The van der Waals surface area contributed by atoms with Gasteiger partial charge < -0.3 is 11.1 Å². The smallest absolute Gasteiger partial charge is 0.0758 e. The fourth-order valence-corrected chi connectivity index (χ4v) is 1.23. The maximum Gasteiger partial charge on any atom is 0.0758 e. The number of rotatable bonds is 1. The molecule has 0 spiro atoms. The molecule has 0 bridgehead atoms. The third-order valence-corrected chi connectivity index (χ3v) is 1.89. The zero-order valence-corrected chi connectivity index (χ0v) is 5.27. The van der Waals surface area contributed by atoms with Gasteiger partial charge in [0.15, 0.2) is 0 Å². The van der Waals surface area contributed by atoms with Gasteiger partial charge in [0.1, 0.15) is 0 Å². The van der Waals surface area contributed by atoms with Crippen molar-refractivity contribution in [3.63, 3.8) is 0 Å². The standard InChI is InChI=1S/C6H14N2/c7-5-6-1-3-8-4-2-6/h6,8H,1-5,7H2/p+1. The lowest BCUT2D eigenvalue weighted by molar-refractivity contribution is -0.664. The molecule has 1 rings (SSSR count). The van der Waals surface area contributed by atoms with E-state index in [1.54, 1.807) is 0 Å². The monoisotopic (exact) mass is 115 g/mol. The summed E-state index contributed by atoms with van der Waals surface area (Å²) < 4.78 is 0. The molecular formula is C6H15N2+. The van der Waals surface area contributed by atoms with Crippen molar-refractivity contribution in [3.05, 3.63) is 0 Å². The molecule has 0 aliphatic carbocycles. The van der Waals surface area contributed by atoms with Gasteiger partial charge >= 0.3 is 0 Å². The first-order valence-electron chi connectivity index (χ1n) is 3.45. The summed E-state index contributed by atoms with van der Waals surface area (Å²) in [5.74, 6) is 0.833. The predicted molar refractivity (Wildman–Crippen MR) is 33.4 cm³/mol. The lowest BCUT2D eigenvalue weighted by atomic mass is 9.99. The normalized spacial score (nSPS) is 23.6. The highest BCUT2D eigenvalue weighted by molar-refractivity contribution is 4.60. The number of piperidine rings is 1. The molecule has 8 heavy (non-hydrogen) atoms. The van der Waals surface area contributed by atoms with Crippen LogP contribution in [0.1, 0.15) is 12.8 Å². The first-order valence-corrected chi connectivity index (χ1v) is 3.45. The van der Waals surface area contributed by atoms with Crippen molar-refractivity contribution >= 4 is 0 Å². The van der Waals surface area contributed by atoms with Crippen LogP contribution in [0, 0.1) is 5.92 Å². The van der Waals surface area contributed by atoms with Crippen LogP contribution >= 0.6 is 0 Å². The highest BCUT2D eigenvalue weighted by Gasteiger charge is 2.12. The van der Waals surface area contributed by atoms with Gasteiger partial charge in [-0.3, -0.25) is 0 Å². The number of hydrogen-bond acceptors (Lipinski definition) is 1. The van der Waals surface area contributed by atoms with Crippen molar-refractivity contribution < 1.29 is 5.32 Å². The van der Waals surface area contributed by atoms with Gasteiger partial charge in [-0.05, 0) is 12.5 Å². The Morgan fingerprint density at radius 1 is 1.38 bits per heavy atom. The van der Waals surface area contributed by atoms with Gasteiger partial charge in [0, 0.05) is 12.8 Å². The van der Waals surface area contributed by atoms with E-state index in [4.69, 9.17) is 5.73 Å². The van der Waals surface area contributed by atoms with Gasteiger partial charge in [-0.1, -0.05) is 0 Å². The first-order chi connectivity index (χ1) is 3.93. The number of quaternary nitrogens is 1. The van der Waals surface area contributed by atoms with E-state index < -0.39 is 0 Å². The van der Waals surface area contributed by atoms with Crippen LogP contribution in [0.2, 0.25) is 0 Å². The molecular weight excluding hydrogens is 100 g/mol. The fourth-order valence-electron chi connectivity index (χ4n) is 1.23. The Balaban J connectivity index is 2.13. The topological polar surface area (TPSA) is 42.6 Å². The molecule has 1 saturated heterocycles. The maximum atomic E-state index is 5.49. The molecule has 0 amide bonds. The van der Waals surface area contributed by atoms with E-state index >= 15 is 0 Å². The third-order valence-electron chi connectivity index (χ3n) is 1.89. The van der Waals surface area contributed by atoms with E-state index in [0.717, 1.165) is 12.5 Å². The maximum absolute atomic E-state index is 5.49. The number of hydrogen-bond donors (Lipinski definition) is 2. The summed E-state index contributed by atoms with van der Waals surface area (Å²) in [6, 6.07) is 0. The summed E-state index contributed by atoms with van der Waals surface area (Å²) in [6.07, 6.45) is 2.66. The molecule has 0 aromatic rings. The van der Waals surface area contributed by atoms with Crippen molar-refractivity contribution in [3.8, 4) is 0 Å². The van der Waals surface area contributed by atoms with E-state index in [1.807, 2.05) is 0 Å². The van der Waals surface area contributed by atoms with Crippen molar-refractivity contribution in [2.45, 2.75) is 12.8 Å². The van der Waals surface area contributed by atoms with Crippen molar-refractivity contribution in [1.29, 1.82) is 0 Å². The summed E-state index contributed by atoms with van der Waals surface area (Å²) in [5.41, 5.74) is 5.49. The number of nitrogens with two attached hydrogens (primary N) is 2. The SMILES string of the molecule is NCC1CC[NH2+]CC1. The third kappa shape index (κ3) is 1.46. The highest BCUT2D eigenvalue weighted by Crippen LogP contribution is 2.04. The van der Waals surface area contributed by atoms with E-state index in [-0.39, 0.29) is 0 Å². The molecule has 1 aliphatic heterocycles. The predicted octanol–water partition coefficient (Wildman–Crippen LogP) is -1.08. The first kappa shape index (κ1) is 6.05. The summed E-state index contributed by atoms with van der Waals surface area (Å²) in [4.78, 5) is 0. The molecule has 1 fully saturated rings. The molecule has 2 heteroatoms. The van der Waals surface area contributed by atoms with Crippen LogP contribution in [0.15, 0.2) is 0 Å². The zero-order chi connectivity index (χ0) is 5.82. The zero-order valence-electron chi connectivity index (χ0n) is 5.27. The van der Waals surface area contributed by atoms with Gasteiger partial charge in [-0.15, -0.1) is 0 Å². The Kier molecular flexibility index (Phi) is 2.30. The van der Waals surface area contributed by atoms with Crippen LogP contribution in [0.25, 0.3) is 0 Å². The van der Waals surface area contributed by atoms with E-state index in [9.17, 15) is 0 Å². The second kappa shape index (κ2) is 3.05. The molecule has 0 radical (unpaired) electrons. The molecule has 0 aromatic heterocycles. The summed E-state index contributed by atoms with van der Waals surface area (Å²) >= 11 is 0. The van der Waals surface area contributed by atoms with Gasteiger partial charge in [-0.2, -0.15) is 0 Å². The molecule has 1 heterocycles. The Morgan fingerprint density at radius 3 is 2.38 bits per heavy atom. The van der Waals surface area contributed by atoms with Gasteiger partial charge in [-0.25, -0.2) is 0 Å². The molecule has 48 valence electrons. The van der Waals surface area contributed by atoms with Crippen molar-refractivity contribution in [1.82, 2.24) is 0 Å². The molecule has 0 atom stereocenters. The highest BCUT2D eigenvalue weighted by atomic mass is 14.9. The largest absolute Gasteiger partial charge is 0.346 e. The molecule has 1 aliphatic rings. The van der Waals surface area contributed by atoms with Crippen LogP contribution in [-0.2, 0) is 0 Å². The molecule has 2 nitrogen and oxygen atoms in total. The second-order valence-electron chi connectivity index (χ2n) is 2.55. The second-order valence-corrected chi connectivity index (χ2v) is 2.55. The quantitative estimate of drug-likeness (QED) is 0.448. The van der Waals surface area contributed by atoms with E-state index in [0.29, 0.717) is 0 Å². The lowest BCUT2D eigenvalue weighted by Crippen LogP contribution is -2.86. The summed E-state index contributed by atoms with van der Waals surface area (Å²) in [7, 11) is 0. The molecule has 4 N–H and O–H groups in total. The van der Waals surface area contributed by atoms with Gasteiger partial charge in [0.2, 0.25) is 0 Å². The lowest BCUT2D eigenvalue weighted by Gasteiger charge is -2.17. The summed E-state index contributed by atoms with van der Waals surface area (Å²) in [6.45, 7) is 3.48.